The fraction of sp³-hybridized carbons (Fsp3) is 0.531. The molecule has 1 aromatic heterocycles. The molecule has 1 spiro atoms. The van der Waals surface area contributed by atoms with Gasteiger partial charge in [-0.3, -0.25) is 24.4 Å². The lowest BCUT2D eigenvalue weighted by Gasteiger charge is -2.47. The van der Waals surface area contributed by atoms with Crippen molar-refractivity contribution in [2.24, 2.45) is 22.2 Å². The van der Waals surface area contributed by atoms with Crippen LogP contribution < -0.4 is 5.32 Å². The molecule has 40 heavy (non-hydrogen) atoms. The van der Waals surface area contributed by atoms with Gasteiger partial charge >= 0.3 is 5.97 Å². The molecule has 8 nitrogen and oxygen atoms in total. The lowest BCUT2D eigenvalue weighted by molar-refractivity contribution is -0.137. The Hall–Kier alpha value is -3.55. The quantitative estimate of drug-likeness (QED) is 0.411. The summed E-state index contributed by atoms with van der Waals surface area (Å²) < 4.78 is 0. The van der Waals surface area contributed by atoms with Crippen LogP contribution in [0.1, 0.15) is 99.7 Å². The molecule has 2 N–H and O–H groups in total. The van der Waals surface area contributed by atoms with E-state index in [9.17, 15) is 14.4 Å². The normalized spacial score (nSPS) is 23.7. The highest BCUT2D eigenvalue weighted by molar-refractivity contribution is 6.46. The van der Waals surface area contributed by atoms with E-state index in [1.54, 1.807) is 12.4 Å². The van der Waals surface area contributed by atoms with E-state index in [1.165, 1.54) is 0 Å². The number of carboxylic acids is 1. The fourth-order valence-corrected chi connectivity index (χ4v) is 6.41. The van der Waals surface area contributed by atoms with Crippen molar-refractivity contribution in [3.8, 4) is 0 Å². The first-order chi connectivity index (χ1) is 19.1. The van der Waals surface area contributed by atoms with Crippen LogP contribution in [0.3, 0.4) is 0 Å². The number of aliphatic imine (C=N–C) groups is 1. The maximum absolute atomic E-state index is 14.2. The first-order valence-electron chi connectivity index (χ1n) is 14.5. The molecule has 0 radical (unpaired) electrons. The second kappa shape index (κ2) is 11.1. The third-order valence-electron chi connectivity index (χ3n) is 8.85. The van der Waals surface area contributed by atoms with Crippen LogP contribution in [0.25, 0.3) is 0 Å². The first-order valence-corrected chi connectivity index (χ1v) is 14.5. The average molecular weight is 545 g/mol. The van der Waals surface area contributed by atoms with Crippen molar-refractivity contribution in [1.29, 1.82) is 0 Å². The van der Waals surface area contributed by atoms with Crippen molar-refractivity contribution < 1.29 is 19.5 Å². The Balaban J connectivity index is 1.42. The smallest absolute Gasteiger partial charge is 0.303 e. The van der Waals surface area contributed by atoms with Gasteiger partial charge in [0, 0.05) is 36.5 Å². The molecule has 5 rings (SSSR count). The number of hydrogen-bond acceptors (Lipinski definition) is 5. The molecule has 2 aromatic rings. The van der Waals surface area contributed by atoms with Gasteiger partial charge in [-0.25, -0.2) is 0 Å². The lowest BCUT2D eigenvalue weighted by atomic mass is 9.69. The maximum atomic E-state index is 14.2. The second-order valence-electron chi connectivity index (χ2n) is 12.7. The summed E-state index contributed by atoms with van der Waals surface area (Å²) in [7, 11) is 0. The third-order valence-corrected chi connectivity index (χ3v) is 8.85. The van der Waals surface area contributed by atoms with E-state index in [-0.39, 0.29) is 29.7 Å². The van der Waals surface area contributed by atoms with Crippen LogP contribution in [0.15, 0.2) is 53.8 Å². The number of carbonyl (C=O) groups excluding carboxylic acids is 2. The van der Waals surface area contributed by atoms with Gasteiger partial charge in [0.15, 0.2) is 0 Å². The number of nitrogens with zero attached hydrogens (tertiary/aromatic N) is 3. The van der Waals surface area contributed by atoms with Crippen LogP contribution >= 0.6 is 0 Å². The van der Waals surface area contributed by atoms with Crippen LogP contribution in [0.4, 0.5) is 0 Å². The van der Waals surface area contributed by atoms with Crippen LogP contribution in [0, 0.1) is 17.3 Å². The molecule has 212 valence electrons. The molecule has 8 heteroatoms. The van der Waals surface area contributed by atoms with Crippen LogP contribution in [-0.4, -0.2) is 50.7 Å². The molecule has 3 aliphatic rings. The molecule has 2 amide bonds. The summed E-state index contributed by atoms with van der Waals surface area (Å²) in [5.74, 6) is -0.183. The van der Waals surface area contributed by atoms with Crippen LogP contribution in [-0.2, 0) is 9.59 Å². The summed E-state index contributed by atoms with van der Waals surface area (Å²) in [5.41, 5.74) is 2.46. The molecular weight excluding hydrogens is 504 g/mol. The summed E-state index contributed by atoms with van der Waals surface area (Å²) in [6.07, 6.45) is 9.68. The Morgan fingerprint density at radius 3 is 2.38 bits per heavy atom. The number of carbonyl (C=O) groups is 3. The van der Waals surface area contributed by atoms with Gasteiger partial charge in [0.05, 0.1) is 6.04 Å². The Kier molecular flexibility index (Phi) is 7.80. The van der Waals surface area contributed by atoms with E-state index in [4.69, 9.17) is 10.1 Å². The Bertz CT molecular complexity index is 1270. The molecule has 2 heterocycles. The first kappa shape index (κ1) is 28.0. The van der Waals surface area contributed by atoms with Gasteiger partial charge in [-0.2, -0.15) is 0 Å². The number of benzene rings is 1. The third kappa shape index (κ3) is 5.81. The van der Waals surface area contributed by atoms with Gasteiger partial charge < -0.3 is 15.3 Å². The van der Waals surface area contributed by atoms with Gasteiger partial charge in [-0.05, 0) is 92.0 Å². The minimum Gasteiger partial charge on any atom is -0.481 e. The molecule has 1 aromatic carbocycles. The highest BCUT2D eigenvalue weighted by atomic mass is 16.4. The summed E-state index contributed by atoms with van der Waals surface area (Å²) in [6, 6.07) is 11.2. The Labute approximate surface area is 236 Å². The molecule has 2 aliphatic carbocycles. The zero-order chi connectivity index (χ0) is 28.5. The number of carboxylic acid groups (broad SMARTS) is 1. The summed E-state index contributed by atoms with van der Waals surface area (Å²) in [4.78, 5) is 49.2. The second-order valence-corrected chi connectivity index (χ2v) is 12.7. The number of hydrogen-bond donors (Lipinski definition) is 2. The van der Waals surface area contributed by atoms with Crippen molar-refractivity contribution in [3.05, 3.63) is 65.5 Å². The van der Waals surface area contributed by atoms with E-state index in [1.807, 2.05) is 36.4 Å². The maximum Gasteiger partial charge on any atom is 0.303 e. The van der Waals surface area contributed by atoms with Gasteiger partial charge in [0.25, 0.3) is 11.8 Å². The topological polar surface area (TPSA) is 112 Å². The van der Waals surface area contributed by atoms with E-state index in [2.05, 4.69) is 36.0 Å². The van der Waals surface area contributed by atoms with Crippen LogP contribution in [0.5, 0.6) is 0 Å². The van der Waals surface area contributed by atoms with Crippen molar-refractivity contribution in [2.75, 3.05) is 6.54 Å². The van der Waals surface area contributed by atoms with E-state index >= 15 is 0 Å². The zero-order valence-electron chi connectivity index (χ0n) is 23.7. The summed E-state index contributed by atoms with van der Waals surface area (Å²) >= 11 is 0. The van der Waals surface area contributed by atoms with E-state index < -0.39 is 11.6 Å². The SMILES string of the molecule is CC(C)(C)C1CCC2(CC1)N=C(c1cccnc1)C(=O)N2C(c1ccc(C(=O)NCCCC(=O)O)cc1)C1CC1. The van der Waals surface area contributed by atoms with Crippen molar-refractivity contribution in [3.63, 3.8) is 0 Å². The minimum absolute atomic E-state index is 0.0213. The van der Waals surface area contributed by atoms with Crippen LogP contribution in [0.2, 0.25) is 0 Å². The number of aliphatic carboxylic acids is 1. The van der Waals surface area contributed by atoms with Crippen molar-refractivity contribution >= 4 is 23.5 Å². The Morgan fingerprint density at radius 2 is 1.80 bits per heavy atom. The highest BCUT2D eigenvalue weighted by Gasteiger charge is 2.55. The monoisotopic (exact) mass is 544 g/mol. The minimum atomic E-state index is -0.874. The molecule has 1 unspecified atom stereocenters. The predicted molar refractivity (Wildman–Crippen MR) is 153 cm³/mol. The van der Waals surface area contributed by atoms with Gasteiger partial charge in [0.2, 0.25) is 0 Å². The van der Waals surface area contributed by atoms with Crippen molar-refractivity contribution in [2.45, 2.75) is 83.8 Å². The fourth-order valence-electron chi connectivity index (χ4n) is 6.41. The average Bonchev–Trinajstić information content (AvgIpc) is 3.74. The number of aromatic nitrogens is 1. The zero-order valence-corrected chi connectivity index (χ0v) is 23.7. The van der Waals surface area contributed by atoms with E-state index in [0.29, 0.717) is 36.1 Å². The molecule has 0 bridgehead atoms. The molecule has 1 atom stereocenters. The standard InChI is InChI=1S/C32H40N4O4/c1-31(2,3)25-14-16-32(17-15-25)35-27(24-6-4-18-33-20-24)30(40)36(32)28(21-8-9-21)22-10-12-23(13-11-22)29(39)34-19-5-7-26(37)38/h4,6,10-13,18,20-21,25,28H,5,7-9,14-17,19H2,1-3H3,(H,34,39)(H,37,38). The van der Waals surface area contributed by atoms with E-state index in [0.717, 1.165) is 49.7 Å². The Morgan fingerprint density at radius 1 is 1.10 bits per heavy atom. The van der Waals surface area contributed by atoms with Gasteiger partial charge in [-0.1, -0.05) is 32.9 Å². The predicted octanol–water partition coefficient (Wildman–Crippen LogP) is 5.39. The van der Waals surface area contributed by atoms with Crippen molar-refractivity contribution in [1.82, 2.24) is 15.2 Å². The largest absolute Gasteiger partial charge is 0.481 e. The van der Waals surface area contributed by atoms with Gasteiger partial charge in [-0.15, -0.1) is 0 Å². The molecular formula is C32H40N4O4. The number of rotatable bonds is 9. The summed E-state index contributed by atoms with van der Waals surface area (Å²) in [5, 5.41) is 11.6. The summed E-state index contributed by atoms with van der Waals surface area (Å²) in [6.45, 7) is 7.21. The highest BCUT2D eigenvalue weighted by Crippen LogP contribution is 2.54. The number of pyridine rings is 1. The molecule has 2 saturated carbocycles. The molecule has 1 aliphatic heterocycles. The van der Waals surface area contributed by atoms with Gasteiger partial charge in [0.1, 0.15) is 11.4 Å². The molecule has 0 saturated heterocycles. The number of amides is 2. The number of nitrogens with one attached hydrogen (secondary N) is 1. The molecule has 2 fully saturated rings. The lowest BCUT2D eigenvalue weighted by Crippen LogP contribution is -2.52.